The summed E-state index contributed by atoms with van der Waals surface area (Å²) in [4.78, 5) is 0. The van der Waals surface area contributed by atoms with Crippen LogP contribution in [-0.2, 0) is 6.42 Å². The summed E-state index contributed by atoms with van der Waals surface area (Å²) in [7, 11) is 0. The summed E-state index contributed by atoms with van der Waals surface area (Å²) in [6.45, 7) is 0. The first-order chi connectivity index (χ1) is 10.4. The molecule has 0 amide bonds. The third-order valence-electron chi connectivity index (χ3n) is 3.51. The molecule has 1 heterocycles. The fourth-order valence-corrected chi connectivity index (χ4v) is 2.46. The van der Waals surface area contributed by atoms with Gasteiger partial charge in [0.1, 0.15) is 0 Å². The normalized spacial score (nSPS) is 12.2. The Bertz CT molecular complexity index is 676. The van der Waals surface area contributed by atoms with Gasteiger partial charge in [-0.2, -0.15) is 5.10 Å². The predicted octanol–water partition coefficient (Wildman–Crippen LogP) is 2.62. The van der Waals surface area contributed by atoms with Gasteiger partial charge in [-0.05, 0) is 30.2 Å². The van der Waals surface area contributed by atoms with E-state index in [0.717, 1.165) is 17.8 Å². The van der Waals surface area contributed by atoms with Crippen LogP contribution in [0.2, 0.25) is 0 Å². The molecule has 3 rings (SSSR count). The van der Waals surface area contributed by atoms with Gasteiger partial charge < -0.3 is 0 Å². The smallest absolute Gasteiger partial charge is 0.0673 e. The third-order valence-corrected chi connectivity index (χ3v) is 3.51. The summed E-state index contributed by atoms with van der Waals surface area (Å²) in [5.74, 6) is 5.77. The second-order valence-corrected chi connectivity index (χ2v) is 4.91. The molecule has 4 heteroatoms. The van der Waals surface area contributed by atoms with Crippen molar-refractivity contribution in [2.24, 2.45) is 5.84 Å². The summed E-state index contributed by atoms with van der Waals surface area (Å²) in [5.41, 5.74) is 6.22. The van der Waals surface area contributed by atoms with Crippen LogP contribution in [0.1, 0.15) is 17.3 Å². The number of nitrogens with two attached hydrogens (primary N) is 1. The molecule has 4 nitrogen and oxygen atoms in total. The minimum atomic E-state index is 0.00936. The largest absolute Gasteiger partial charge is 0.271 e. The molecule has 0 aliphatic carbocycles. The van der Waals surface area contributed by atoms with E-state index in [2.05, 4.69) is 22.7 Å². The molecular weight excluding hydrogens is 260 g/mol. The van der Waals surface area contributed by atoms with Crippen LogP contribution in [0.25, 0.3) is 5.69 Å². The summed E-state index contributed by atoms with van der Waals surface area (Å²) in [5, 5.41) is 4.42. The molecule has 0 radical (unpaired) electrons. The van der Waals surface area contributed by atoms with Gasteiger partial charge in [0, 0.05) is 6.20 Å². The molecule has 0 aliphatic heterocycles. The molecule has 1 unspecified atom stereocenters. The van der Waals surface area contributed by atoms with Crippen molar-refractivity contribution >= 4 is 0 Å². The number of hydrogen-bond donors (Lipinski definition) is 2. The number of para-hydroxylation sites is 1. The molecule has 3 N–H and O–H groups in total. The minimum absolute atomic E-state index is 0.00936. The number of rotatable bonds is 5. The Kier molecular flexibility index (Phi) is 4.09. The molecule has 0 saturated heterocycles. The fraction of sp³-hybridized carbons (Fsp3) is 0.118. The number of hydrazine groups is 1. The van der Waals surface area contributed by atoms with Gasteiger partial charge in [-0.15, -0.1) is 0 Å². The van der Waals surface area contributed by atoms with Gasteiger partial charge in [0.05, 0.1) is 17.4 Å². The summed E-state index contributed by atoms with van der Waals surface area (Å²) < 4.78 is 1.92. The number of hydrogen-bond acceptors (Lipinski definition) is 3. The maximum atomic E-state index is 5.77. The highest BCUT2D eigenvalue weighted by atomic mass is 15.3. The summed E-state index contributed by atoms with van der Waals surface area (Å²) in [6.07, 6.45) is 2.62. The first kappa shape index (κ1) is 13.5. The number of nitrogens with one attached hydrogen (secondary N) is 1. The topological polar surface area (TPSA) is 55.9 Å². The number of aromatic nitrogens is 2. The van der Waals surface area contributed by atoms with Crippen LogP contribution in [0.4, 0.5) is 0 Å². The lowest BCUT2D eigenvalue weighted by atomic mass is 10.0. The average molecular weight is 278 g/mol. The molecule has 0 spiro atoms. The standard InChI is InChI=1S/C17H18N4/c18-20-16(13-14-7-3-1-4-8-14)17-11-12-19-21(17)15-9-5-2-6-10-15/h1-12,16,20H,13,18H2. The van der Waals surface area contributed by atoms with E-state index < -0.39 is 0 Å². The fourth-order valence-electron chi connectivity index (χ4n) is 2.46. The molecular formula is C17H18N4. The van der Waals surface area contributed by atoms with Crippen molar-refractivity contribution in [3.05, 3.63) is 84.2 Å². The highest BCUT2D eigenvalue weighted by molar-refractivity contribution is 5.33. The molecule has 1 aromatic heterocycles. The van der Waals surface area contributed by atoms with Crippen LogP contribution >= 0.6 is 0 Å². The SMILES string of the molecule is NNC(Cc1ccccc1)c1ccnn1-c1ccccc1. The molecule has 0 fully saturated rings. The van der Waals surface area contributed by atoms with Gasteiger partial charge in [0.15, 0.2) is 0 Å². The van der Waals surface area contributed by atoms with Crippen LogP contribution in [0.15, 0.2) is 72.9 Å². The second-order valence-electron chi connectivity index (χ2n) is 4.91. The quantitative estimate of drug-likeness (QED) is 0.557. The molecule has 2 aromatic carbocycles. The lowest BCUT2D eigenvalue weighted by Gasteiger charge is -2.18. The van der Waals surface area contributed by atoms with Crippen molar-refractivity contribution in [3.8, 4) is 5.69 Å². The lowest BCUT2D eigenvalue weighted by molar-refractivity contribution is 0.522. The van der Waals surface area contributed by atoms with E-state index in [1.165, 1.54) is 5.56 Å². The zero-order chi connectivity index (χ0) is 14.5. The Labute approximate surface area is 124 Å². The highest BCUT2D eigenvalue weighted by Gasteiger charge is 2.16. The Hall–Kier alpha value is -2.43. The van der Waals surface area contributed by atoms with Crippen LogP contribution < -0.4 is 11.3 Å². The Balaban J connectivity index is 1.90. The van der Waals surface area contributed by atoms with Gasteiger partial charge >= 0.3 is 0 Å². The van der Waals surface area contributed by atoms with Gasteiger partial charge in [0.25, 0.3) is 0 Å². The maximum Gasteiger partial charge on any atom is 0.0673 e. The highest BCUT2D eigenvalue weighted by Crippen LogP contribution is 2.20. The molecule has 3 aromatic rings. The van der Waals surface area contributed by atoms with Crippen molar-refractivity contribution in [1.29, 1.82) is 0 Å². The van der Waals surface area contributed by atoms with Crippen LogP contribution in [0.5, 0.6) is 0 Å². The molecule has 0 saturated carbocycles. The number of benzene rings is 2. The Morgan fingerprint density at radius 3 is 2.29 bits per heavy atom. The summed E-state index contributed by atoms with van der Waals surface area (Å²) >= 11 is 0. The Morgan fingerprint density at radius 1 is 0.952 bits per heavy atom. The number of nitrogens with zero attached hydrogens (tertiary/aromatic N) is 2. The first-order valence-corrected chi connectivity index (χ1v) is 6.98. The second kappa shape index (κ2) is 6.35. The van der Waals surface area contributed by atoms with E-state index in [4.69, 9.17) is 5.84 Å². The van der Waals surface area contributed by atoms with Crippen LogP contribution in [0.3, 0.4) is 0 Å². The van der Waals surface area contributed by atoms with Crippen molar-refractivity contribution in [2.75, 3.05) is 0 Å². The van der Waals surface area contributed by atoms with E-state index in [0.29, 0.717) is 0 Å². The van der Waals surface area contributed by atoms with Crippen LogP contribution in [0, 0.1) is 0 Å². The third kappa shape index (κ3) is 3.02. The van der Waals surface area contributed by atoms with Crippen molar-refractivity contribution in [2.45, 2.75) is 12.5 Å². The zero-order valence-electron chi connectivity index (χ0n) is 11.7. The molecule has 21 heavy (non-hydrogen) atoms. The Morgan fingerprint density at radius 2 is 1.62 bits per heavy atom. The maximum absolute atomic E-state index is 5.77. The molecule has 106 valence electrons. The van der Waals surface area contributed by atoms with Gasteiger partial charge in [0.2, 0.25) is 0 Å². The van der Waals surface area contributed by atoms with E-state index in [1.54, 1.807) is 6.20 Å². The molecule has 0 bridgehead atoms. The monoisotopic (exact) mass is 278 g/mol. The lowest BCUT2D eigenvalue weighted by Crippen LogP contribution is -2.31. The van der Waals surface area contributed by atoms with Crippen molar-refractivity contribution in [3.63, 3.8) is 0 Å². The summed E-state index contributed by atoms with van der Waals surface area (Å²) in [6, 6.07) is 22.4. The van der Waals surface area contributed by atoms with E-state index >= 15 is 0 Å². The van der Waals surface area contributed by atoms with Crippen molar-refractivity contribution < 1.29 is 0 Å². The van der Waals surface area contributed by atoms with Crippen LogP contribution in [-0.4, -0.2) is 9.78 Å². The van der Waals surface area contributed by atoms with Gasteiger partial charge in [-0.25, -0.2) is 4.68 Å². The van der Waals surface area contributed by atoms with E-state index in [-0.39, 0.29) is 6.04 Å². The average Bonchev–Trinajstić information content (AvgIpc) is 3.04. The van der Waals surface area contributed by atoms with Crippen molar-refractivity contribution in [1.82, 2.24) is 15.2 Å². The predicted molar refractivity (Wildman–Crippen MR) is 83.8 cm³/mol. The molecule has 1 atom stereocenters. The molecule has 0 aliphatic rings. The first-order valence-electron chi connectivity index (χ1n) is 6.98. The van der Waals surface area contributed by atoms with E-state index in [1.807, 2.05) is 59.3 Å². The van der Waals surface area contributed by atoms with Gasteiger partial charge in [-0.3, -0.25) is 11.3 Å². The minimum Gasteiger partial charge on any atom is -0.271 e. The van der Waals surface area contributed by atoms with Gasteiger partial charge in [-0.1, -0.05) is 48.5 Å². The van der Waals surface area contributed by atoms with E-state index in [9.17, 15) is 0 Å². The zero-order valence-corrected chi connectivity index (χ0v) is 11.7.